The number of hydrogen-bond donors (Lipinski definition) is 1. The Hall–Kier alpha value is -1.26. The molecule has 108 valence electrons. The zero-order valence-electron chi connectivity index (χ0n) is 11.8. The summed E-state index contributed by atoms with van der Waals surface area (Å²) in [6.07, 6.45) is 2.68. The minimum atomic E-state index is 0.339. The van der Waals surface area contributed by atoms with Gasteiger partial charge in [-0.1, -0.05) is 6.07 Å². The van der Waals surface area contributed by atoms with E-state index in [0.29, 0.717) is 25.2 Å². The molecule has 0 spiro atoms. The monoisotopic (exact) mass is 274 g/mol. The molecule has 1 aromatic carbocycles. The standard InChI is InChI=1S/C16H22N2O2/c17-8-13(14-9-18-5-3-11(14)4-6-18)12-1-2-15-16(7-12)20-10-19-15/h1-2,7,11,13-14H,3-6,8-10,17H2. The lowest BCUT2D eigenvalue weighted by molar-refractivity contribution is 0.0378. The fourth-order valence-corrected chi connectivity index (χ4v) is 4.17. The van der Waals surface area contributed by atoms with E-state index in [9.17, 15) is 0 Å². The maximum absolute atomic E-state index is 6.12. The van der Waals surface area contributed by atoms with Crippen molar-refractivity contribution in [3.8, 4) is 11.5 Å². The summed E-state index contributed by atoms with van der Waals surface area (Å²) >= 11 is 0. The molecule has 4 aliphatic heterocycles. The summed E-state index contributed by atoms with van der Waals surface area (Å²) in [6.45, 7) is 4.82. The van der Waals surface area contributed by atoms with Crippen LogP contribution in [-0.4, -0.2) is 37.9 Å². The molecule has 0 radical (unpaired) electrons. The van der Waals surface area contributed by atoms with Gasteiger partial charge in [0, 0.05) is 12.5 Å². The third-order valence-corrected chi connectivity index (χ3v) is 5.30. The molecule has 5 rings (SSSR count). The van der Waals surface area contributed by atoms with Crippen molar-refractivity contribution in [3.63, 3.8) is 0 Å². The maximum atomic E-state index is 6.12. The zero-order valence-corrected chi connectivity index (χ0v) is 11.8. The molecule has 4 heteroatoms. The van der Waals surface area contributed by atoms with E-state index in [0.717, 1.165) is 17.4 Å². The molecule has 2 bridgehead atoms. The first kappa shape index (κ1) is 12.5. The third kappa shape index (κ3) is 1.98. The molecule has 2 unspecified atom stereocenters. The summed E-state index contributed by atoms with van der Waals surface area (Å²) in [5.74, 6) is 3.72. The highest BCUT2D eigenvalue weighted by atomic mass is 16.7. The fourth-order valence-electron chi connectivity index (χ4n) is 4.17. The maximum Gasteiger partial charge on any atom is 0.231 e. The van der Waals surface area contributed by atoms with Crippen LogP contribution in [0.3, 0.4) is 0 Å². The number of ether oxygens (including phenoxy) is 2. The summed E-state index contributed by atoms with van der Waals surface area (Å²) in [5.41, 5.74) is 7.44. The lowest BCUT2D eigenvalue weighted by atomic mass is 9.70. The Balaban J connectivity index is 1.61. The molecule has 20 heavy (non-hydrogen) atoms. The van der Waals surface area contributed by atoms with Crippen molar-refractivity contribution >= 4 is 0 Å². The first-order chi connectivity index (χ1) is 9.85. The van der Waals surface area contributed by atoms with Gasteiger partial charge in [-0.3, -0.25) is 0 Å². The fraction of sp³-hybridized carbons (Fsp3) is 0.625. The number of piperidine rings is 3. The average molecular weight is 274 g/mol. The second-order valence-corrected chi connectivity index (χ2v) is 6.26. The Bertz CT molecular complexity index is 497. The van der Waals surface area contributed by atoms with Gasteiger partial charge < -0.3 is 20.1 Å². The predicted molar refractivity (Wildman–Crippen MR) is 77.0 cm³/mol. The molecule has 0 saturated carbocycles. The van der Waals surface area contributed by atoms with Gasteiger partial charge in [0.05, 0.1) is 0 Å². The van der Waals surface area contributed by atoms with E-state index in [4.69, 9.17) is 15.2 Å². The zero-order chi connectivity index (χ0) is 13.5. The molecule has 2 N–H and O–H groups in total. The van der Waals surface area contributed by atoms with Gasteiger partial charge in [-0.05, 0) is 62.0 Å². The number of nitrogens with zero attached hydrogens (tertiary/aromatic N) is 1. The Labute approximate surface area is 119 Å². The van der Waals surface area contributed by atoms with Crippen LogP contribution in [0.15, 0.2) is 18.2 Å². The normalized spacial score (nSPS) is 32.4. The SMILES string of the molecule is NCC(c1ccc2c(c1)OCO2)C1CN2CCC1CC2. The van der Waals surface area contributed by atoms with Gasteiger partial charge in [0.25, 0.3) is 0 Å². The summed E-state index contributed by atoms with van der Waals surface area (Å²) in [5, 5.41) is 0. The van der Waals surface area contributed by atoms with Gasteiger partial charge in [-0.25, -0.2) is 0 Å². The number of nitrogens with two attached hydrogens (primary N) is 1. The molecule has 2 atom stereocenters. The Morgan fingerprint density at radius 1 is 1.20 bits per heavy atom. The Morgan fingerprint density at radius 2 is 2.00 bits per heavy atom. The van der Waals surface area contributed by atoms with E-state index in [-0.39, 0.29) is 0 Å². The van der Waals surface area contributed by atoms with Crippen molar-refractivity contribution in [2.45, 2.75) is 18.8 Å². The molecule has 4 aliphatic rings. The van der Waals surface area contributed by atoms with Gasteiger partial charge in [-0.2, -0.15) is 0 Å². The van der Waals surface area contributed by atoms with Gasteiger partial charge >= 0.3 is 0 Å². The van der Waals surface area contributed by atoms with Gasteiger partial charge in [0.1, 0.15) is 0 Å². The molecule has 1 aromatic rings. The Kier molecular flexibility index (Phi) is 3.08. The van der Waals surface area contributed by atoms with Crippen molar-refractivity contribution < 1.29 is 9.47 Å². The van der Waals surface area contributed by atoms with Crippen molar-refractivity contribution in [3.05, 3.63) is 23.8 Å². The second-order valence-electron chi connectivity index (χ2n) is 6.26. The molecular formula is C16H22N2O2. The highest BCUT2D eigenvalue weighted by Crippen LogP contribution is 2.42. The smallest absolute Gasteiger partial charge is 0.231 e. The van der Waals surface area contributed by atoms with Crippen LogP contribution >= 0.6 is 0 Å². The number of fused-ring (bicyclic) bond motifs is 4. The van der Waals surface area contributed by atoms with Gasteiger partial charge in [0.15, 0.2) is 11.5 Å². The first-order valence-corrected chi connectivity index (χ1v) is 7.67. The van der Waals surface area contributed by atoms with E-state index >= 15 is 0 Å². The van der Waals surface area contributed by atoms with E-state index < -0.39 is 0 Å². The summed E-state index contributed by atoms with van der Waals surface area (Å²) in [4.78, 5) is 2.60. The predicted octanol–water partition coefficient (Wildman–Crippen LogP) is 1.80. The highest BCUT2D eigenvalue weighted by Gasteiger charge is 2.38. The second kappa shape index (κ2) is 4.93. The molecule has 4 heterocycles. The Morgan fingerprint density at radius 3 is 2.70 bits per heavy atom. The number of rotatable bonds is 3. The van der Waals surface area contributed by atoms with Crippen LogP contribution in [0.4, 0.5) is 0 Å². The average Bonchev–Trinajstić information content (AvgIpc) is 2.97. The van der Waals surface area contributed by atoms with Crippen LogP contribution in [0.2, 0.25) is 0 Å². The molecule has 4 nitrogen and oxygen atoms in total. The molecule has 0 aliphatic carbocycles. The van der Waals surface area contributed by atoms with Crippen molar-refractivity contribution in [2.75, 3.05) is 33.0 Å². The lowest BCUT2D eigenvalue weighted by Crippen LogP contribution is -2.50. The van der Waals surface area contributed by atoms with Gasteiger partial charge in [0.2, 0.25) is 6.79 Å². The molecular weight excluding hydrogens is 252 g/mol. The number of benzene rings is 1. The molecule has 0 amide bonds. The van der Waals surface area contributed by atoms with Crippen molar-refractivity contribution in [1.29, 1.82) is 0 Å². The molecule has 3 saturated heterocycles. The third-order valence-electron chi connectivity index (χ3n) is 5.30. The molecule has 3 fully saturated rings. The lowest BCUT2D eigenvalue weighted by Gasteiger charge is -2.47. The van der Waals surface area contributed by atoms with E-state index in [1.165, 1.54) is 38.0 Å². The van der Waals surface area contributed by atoms with Crippen molar-refractivity contribution in [2.24, 2.45) is 17.6 Å². The quantitative estimate of drug-likeness (QED) is 0.913. The summed E-state index contributed by atoms with van der Waals surface area (Å²) < 4.78 is 10.9. The van der Waals surface area contributed by atoms with Crippen molar-refractivity contribution in [1.82, 2.24) is 4.90 Å². The van der Waals surface area contributed by atoms with Crippen LogP contribution in [0.5, 0.6) is 11.5 Å². The minimum Gasteiger partial charge on any atom is -0.454 e. The van der Waals surface area contributed by atoms with E-state index in [1.807, 2.05) is 6.07 Å². The number of hydrogen-bond acceptors (Lipinski definition) is 4. The van der Waals surface area contributed by atoms with Crippen LogP contribution in [-0.2, 0) is 0 Å². The van der Waals surface area contributed by atoms with Crippen LogP contribution in [0, 0.1) is 11.8 Å². The van der Waals surface area contributed by atoms with Crippen LogP contribution < -0.4 is 15.2 Å². The van der Waals surface area contributed by atoms with Crippen LogP contribution in [0.1, 0.15) is 24.3 Å². The minimum absolute atomic E-state index is 0.339. The topological polar surface area (TPSA) is 47.7 Å². The summed E-state index contributed by atoms with van der Waals surface area (Å²) in [6, 6.07) is 6.34. The van der Waals surface area contributed by atoms with E-state index in [1.54, 1.807) is 0 Å². The van der Waals surface area contributed by atoms with Gasteiger partial charge in [-0.15, -0.1) is 0 Å². The largest absolute Gasteiger partial charge is 0.454 e. The first-order valence-electron chi connectivity index (χ1n) is 7.67. The van der Waals surface area contributed by atoms with E-state index in [2.05, 4.69) is 17.0 Å². The summed E-state index contributed by atoms with van der Waals surface area (Å²) in [7, 11) is 0. The van der Waals surface area contributed by atoms with Crippen LogP contribution in [0.25, 0.3) is 0 Å². The highest BCUT2D eigenvalue weighted by molar-refractivity contribution is 5.45. The molecule has 0 aromatic heterocycles.